The molecule has 2 aliphatic rings. The molecule has 0 spiro atoms. The molecular weight excluding hydrogens is 572 g/mol. The number of anilines is 2. The first-order chi connectivity index (χ1) is 19.2. The topological polar surface area (TPSA) is 141 Å². The Hall–Kier alpha value is -2.68. The smallest absolute Gasteiger partial charge is 0.304 e. The number of nitrogens with one attached hydrogen (secondary N) is 1. The van der Waals surface area contributed by atoms with Crippen molar-refractivity contribution in [3.63, 3.8) is 0 Å². The Bertz CT molecular complexity index is 1340. The van der Waals surface area contributed by atoms with Crippen LogP contribution < -0.4 is 16.0 Å². The van der Waals surface area contributed by atoms with Crippen LogP contribution in [-0.2, 0) is 11.3 Å². The van der Waals surface area contributed by atoms with Gasteiger partial charge < -0.3 is 15.7 Å². The zero-order chi connectivity index (χ0) is 28.4. The summed E-state index contributed by atoms with van der Waals surface area (Å²) in [5.41, 5.74) is 7.36. The minimum absolute atomic E-state index is 0.000546. The number of carbonyl (C=O) groups is 2. The van der Waals surface area contributed by atoms with E-state index in [-0.39, 0.29) is 30.2 Å². The standard InChI is InChI=1S/C26H33ClN8O3S2/c1-15-3-4-21(28)35(15)13-20-24(19-9-17(27)14-39-19)31-26(40-20)32-25(38)18-10-30-22(11-29-18)34-8-7-33(16(2)12-34)6-5-23(36)37/h9-11,14-16,21H,3-8,12-13,28H2,1-2H3,(H,36,37)(H,31,32,38)/t15-,16+,21+/m1/s1. The number of piperazine rings is 1. The Morgan fingerprint density at radius 2 is 2.02 bits per heavy atom. The van der Waals surface area contributed by atoms with Gasteiger partial charge in [0.2, 0.25) is 0 Å². The van der Waals surface area contributed by atoms with Crippen molar-refractivity contribution >= 4 is 57.1 Å². The van der Waals surface area contributed by atoms with Gasteiger partial charge in [0.25, 0.3) is 5.91 Å². The summed E-state index contributed by atoms with van der Waals surface area (Å²) in [6.07, 6.45) is 5.22. The van der Waals surface area contributed by atoms with E-state index >= 15 is 0 Å². The molecule has 0 aliphatic carbocycles. The molecule has 3 aromatic heterocycles. The van der Waals surface area contributed by atoms with E-state index in [1.165, 1.54) is 28.9 Å². The molecule has 0 bridgehead atoms. The van der Waals surface area contributed by atoms with Crippen LogP contribution in [0.2, 0.25) is 5.02 Å². The molecule has 5 heterocycles. The highest BCUT2D eigenvalue weighted by molar-refractivity contribution is 7.17. The number of thiophene rings is 1. The lowest BCUT2D eigenvalue weighted by molar-refractivity contribution is -0.137. The number of aromatic nitrogens is 3. The van der Waals surface area contributed by atoms with Gasteiger partial charge in [-0.05, 0) is 32.8 Å². The van der Waals surface area contributed by atoms with Crippen LogP contribution in [0.1, 0.15) is 48.5 Å². The molecule has 3 atom stereocenters. The summed E-state index contributed by atoms with van der Waals surface area (Å²) in [6.45, 7) is 7.58. The van der Waals surface area contributed by atoms with Crippen LogP contribution in [-0.4, -0.2) is 86.2 Å². The van der Waals surface area contributed by atoms with Crippen molar-refractivity contribution in [1.29, 1.82) is 0 Å². The number of aliphatic carboxylic acids is 1. The number of hydrogen-bond donors (Lipinski definition) is 3. The first-order valence-corrected chi connectivity index (χ1v) is 15.3. The molecule has 5 rings (SSSR count). The van der Waals surface area contributed by atoms with Crippen molar-refractivity contribution in [1.82, 2.24) is 24.8 Å². The van der Waals surface area contributed by atoms with Gasteiger partial charge >= 0.3 is 5.97 Å². The quantitative estimate of drug-likeness (QED) is 0.330. The number of carboxylic acid groups (broad SMARTS) is 1. The molecule has 14 heteroatoms. The summed E-state index contributed by atoms with van der Waals surface area (Å²) in [5, 5.41) is 14.9. The molecule has 40 heavy (non-hydrogen) atoms. The van der Waals surface area contributed by atoms with Gasteiger partial charge in [-0.2, -0.15) is 0 Å². The number of nitrogens with two attached hydrogens (primary N) is 1. The number of carbonyl (C=O) groups excluding carboxylic acids is 1. The monoisotopic (exact) mass is 604 g/mol. The van der Waals surface area contributed by atoms with Crippen molar-refractivity contribution < 1.29 is 14.7 Å². The molecule has 4 N–H and O–H groups in total. The van der Waals surface area contributed by atoms with Crippen LogP contribution >= 0.6 is 34.3 Å². The van der Waals surface area contributed by atoms with Gasteiger partial charge in [-0.3, -0.25) is 24.7 Å². The van der Waals surface area contributed by atoms with Crippen LogP contribution in [0.25, 0.3) is 10.6 Å². The lowest BCUT2D eigenvalue weighted by Gasteiger charge is -2.40. The SMILES string of the molecule is C[C@@H]1CC[C@@H](N)N1Cc1sc(NC(=O)c2cnc(N3CCN(CCC(=O)O)[C@@H](C)C3)cn2)nc1-c1cc(Cl)cs1. The fourth-order valence-electron chi connectivity index (χ4n) is 5.19. The highest BCUT2D eigenvalue weighted by Gasteiger charge is 2.30. The molecular formula is C26H33ClN8O3S2. The lowest BCUT2D eigenvalue weighted by atomic mass is 10.2. The maximum absolute atomic E-state index is 13.1. The molecule has 2 fully saturated rings. The summed E-state index contributed by atoms with van der Waals surface area (Å²) >= 11 is 9.16. The summed E-state index contributed by atoms with van der Waals surface area (Å²) in [4.78, 5) is 46.1. The van der Waals surface area contributed by atoms with Crippen LogP contribution in [0, 0.1) is 0 Å². The Balaban J connectivity index is 1.26. The molecule has 2 aliphatic heterocycles. The van der Waals surface area contributed by atoms with E-state index in [1.54, 1.807) is 6.20 Å². The van der Waals surface area contributed by atoms with Crippen LogP contribution in [0.5, 0.6) is 0 Å². The average molecular weight is 605 g/mol. The molecule has 0 saturated carbocycles. The highest BCUT2D eigenvalue weighted by atomic mass is 35.5. The number of nitrogens with zero attached hydrogens (tertiary/aromatic N) is 6. The normalized spacial score (nSPS) is 22.1. The average Bonchev–Trinajstić information content (AvgIpc) is 3.63. The zero-order valence-electron chi connectivity index (χ0n) is 22.4. The molecule has 214 valence electrons. The predicted molar refractivity (Wildman–Crippen MR) is 158 cm³/mol. The first kappa shape index (κ1) is 28.8. The third-order valence-electron chi connectivity index (χ3n) is 7.49. The number of rotatable bonds is 9. The minimum atomic E-state index is -0.791. The van der Waals surface area contributed by atoms with Gasteiger partial charge in [-0.25, -0.2) is 15.0 Å². The lowest BCUT2D eigenvalue weighted by Crippen LogP contribution is -2.52. The number of likely N-dealkylation sites (tertiary alicyclic amines) is 1. The molecule has 1 amide bonds. The van der Waals surface area contributed by atoms with Gasteiger partial charge in [0.15, 0.2) is 5.13 Å². The van der Waals surface area contributed by atoms with Crippen molar-refractivity contribution in [2.75, 3.05) is 36.4 Å². The number of halogens is 1. The zero-order valence-corrected chi connectivity index (χ0v) is 24.8. The summed E-state index contributed by atoms with van der Waals surface area (Å²) < 4.78 is 0. The molecule has 0 radical (unpaired) electrons. The Morgan fingerprint density at radius 1 is 1.20 bits per heavy atom. The minimum Gasteiger partial charge on any atom is -0.481 e. The first-order valence-electron chi connectivity index (χ1n) is 13.3. The predicted octanol–water partition coefficient (Wildman–Crippen LogP) is 3.82. The van der Waals surface area contributed by atoms with Gasteiger partial charge in [-0.1, -0.05) is 22.9 Å². The van der Waals surface area contributed by atoms with Crippen molar-refractivity contribution in [3.05, 3.63) is 39.4 Å². The summed E-state index contributed by atoms with van der Waals surface area (Å²) in [7, 11) is 0. The van der Waals surface area contributed by atoms with Crippen LogP contribution in [0.15, 0.2) is 23.8 Å². The third kappa shape index (κ3) is 6.61. The number of carboxylic acids is 1. The number of thiazole rings is 1. The number of hydrogen-bond acceptors (Lipinski definition) is 11. The highest BCUT2D eigenvalue weighted by Crippen LogP contribution is 2.38. The van der Waals surface area contributed by atoms with Crippen molar-refractivity contribution in [3.8, 4) is 10.6 Å². The fourth-order valence-corrected chi connectivity index (χ4v) is 7.32. The fraction of sp³-hybridized carbons (Fsp3) is 0.500. The molecule has 2 saturated heterocycles. The van der Waals surface area contributed by atoms with Crippen LogP contribution in [0.4, 0.5) is 10.9 Å². The Labute approximate surface area is 246 Å². The Morgan fingerprint density at radius 3 is 2.65 bits per heavy atom. The second-order valence-corrected chi connectivity index (χ2v) is 12.7. The maximum Gasteiger partial charge on any atom is 0.304 e. The summed E-state index contributed by atoms with van der Waals surface area (Å²) in [6, 6.07) is 2.45. The molecule has 11 nitrogen and oxygen atoms in total. The Kier molecular flexibility index (Phi) is 8.98. The van der Waals surface area contributed by atoms with Crippen molar-refractivity contribution in [2.24, 2.45) is 5.73 Å². The van der Waals surface area contributed by atoms with Gasteiger partial charge in [0, 0.05) is 55.1 Å². The molecule has 3 aromatic rings. The molecule has 0 unspecified atom stereocenters. The van der Waals surface area contributed by atoms with E-state index in [2.05, 4.69) is 43.8 Å². The summed E-state index contributed by atoms with van der Waals surface area (Å²) in [5.74, 6) is -0.486. The third-order valence-corrected chi connectivity index (χ3v) is 9.73. The van der Waals surface area contributed by atoms with E-state index in [9.17, 15) is 9.59 Å². The second kappa shape index (κ2) is 12.5. The van der Waals surface area contributed by atoms with Gasteiger partial charge in [0.05, 0.1) is 40.6 Å². The van der Waals surface area contributed by atoms with Gasteiger partial charge in [-0.15, -0.1) is 11.3 Å². The van der Waals surface area contributed by atoms with E-state index < -0.39 is 5.97 Å². The van der Waals surface area contributed by atoms with E-state index in [0.29, 0.717) is 48.2 Å². The van der Waals surface area contributed by atoms with E-state index in [1.807, 2.05) is 11.4 Å². The largest absolute Gasteiger partial charge is 0.481 e. The second-order valence-electron chi connectivity index (χ2n) is 10.3. The van der Waals surface area contributed by atoms with E-state index in [0.717, 1.165) is 34.8 Å². The maximum atomic E-state index is 13.1. The molecule has 0 aromatic carbocycles. The van der Waals surface area contributed by atoms with Crippen molar-refractivity contribution in [2.45, 2.75) is 57.9 Å². The van der Waals surface area contributed by atoms with Gasteiger partial charge in [0.1, 0.15) is 11.5 Å². The van der Waals surface area contributed by atoms with E-state index in [4.69, 9.17) is 27.4 Å². The number of amides is 1. The van der Waals surface area contributed by atoms with Crippen LogP contribution in [0.3, 0.4) is 0 Å².